The maximum Gasteiger partial charge on any atom is 0.156 e. The van der Waals surface area contributed by atoms with E-state index in [4.69, 9.17) is 4.74 Å². The quantitative estimate of drug-likeness (QED) is 0.466. The Kier molecular flexibility index (Phi) is 6.75. The average molecular weight is 536 g/mol. The topological polar surface area (TPSA) is 49.8 Å². The van der Waals surface area contributed by atoms with Gasteiger partial charge in [-0.15, -0.1) is 0 Å². The van der Waals surface area contributed by atoms with Crippen LogP contribution in [0, 0.1) is 46.6 Å². The number of fused-ring (bicyclic) bond motifs is 4. The Hall–Kier alpha value is -2.49. The Bertz CT molecular complexity index is 1290. The van der Waals surface area contributed by atoms with Crippen LogP contribution in [-0.2, 0) is 9.53 Å². The van der Waals surface area contributed by atoms with Gasteiger partial charge in [-0.05, 0) is 79.7 Å². The van der Waals surface area contributed by atoms with Crippen LogP contribution in [0.5, 0.6) is 0 Å². The number of aliphatic hydroxyl groups is 1. The van der Waals surface area contributed by atoms with E-state index in [1.165, 1.54) is 12.1 Å². The number of nitrogens with zero attached hydrogens (tertiary/aromatic N) is 1. The summed E-state index contributed by atoms with van der Waals surface area (Å²) in [7, 11) is 0. The van der Waals surface area contributed by atoms with Crippen molar-refractivity contribution in [2.24, 2.45) is 23.2 Å². The van der Waals surface area contributed by atoms with Crippen LogP contribution >= 0.6 is 0 Å². The van der Waals surface area contributed by atoms with Crippen molar-refractivity contribution in [1.82, 2.24) is 0 Å². The molecular formula is C33H39F2NO3. The van der Waals surface area contributed by atoms with Crippen molar-refractivity contribution < 1.29 is 23.4 Å². The summed E-state index contributed by atoms with van der Waals surface area (Å²) in [6, 6.07) is 2.95. The second-order valence-electron chi connectivity index (χ2n) is 12.7. The summed E-state index contributed by atoms with van der Waals surface area (Å²) < 4.78 is 37.7. The van der Waals surface area contributed by atoms with Gasteiger partial charge in [0.25, 0.3) is 0 Å². The minimum atomic E-state index is -1.20. The van der Waals surface area contributed by atoms with Crippen LogP contribution in [0.15, 0.2) is 34.9 Å². The van der Waals surface area contributed by atoms with Crippen molar-refractivity contribution in [2.45, 2.75) is 77.2 Å². The van der Waals surface area contributed by atoms with E-state index in [9.17, 15) is 9.90 Å². The monoisotopic (exact) mass is 535 g/mol. The van der Waals surface area contributed by atoms with Gasteiger partial charge in [-0.25, -0.2) is 8.78 Å². The summed E-state index contributed by atoms with van der Waals surface area (Å²) >= 11 is 0. The third-order valence-electron chi connectivity index (χ3n) is 10.2. The number of benzene rings is 1. The molecule has 2 saturated carbocycles. The van der Waals surface area contributed by atoms with Gasteiger partial charge in [-0.3, -0.25) is 4.79 Å². The SMILES string of the molecule is CC(C)C#C[C@]1(O)CCC2[C@@H]3CCC4=CC(=O)CCC4=C3[C@@H](c3c(F)cc(N4CCOCC4)cc3F)C[C@@]21C. The molecule has 5 aliphatic rings. The molecular weight excluding hydrogens is 496 g/mol. The van der Waals surface area contributed by atoms with Gasteiger partial charge in [-0.2, -0.15) is 0 Å². The van der Waals surface area contributed by atoms with E-state index in [1.54, 1.807) is 6.08 Å². The predicted molar refractivity (Wildman–Crippen MR) is 147 cm³/mol. The molecule has 4 aliphatic carbocycles. The molecule has 1 aliphatic heterocycles. The lowest BCUT2D eigenvalue weighted by atomic mass is 9.51. The smallest absolute Gasteiger partial charge is 0.156 e. The van der Waals surface area contributed by atoms with E-state index >= 15 is 8.78 Å². The first-order valence-corrected chi connectivity index (χ1v) is 14.6. The standard InChI is InChI=1S/C33H39F2NO3/c1-20(2)8-10-33(38)11-9-27-25-6-4-21-16-23(37)5-7-24(21)30(25)26(19-32(27,33)3)31-28(34)17-22(18-29(31)35)36-12-14-39-15-13-36/h16-18,20,25-27,38H,4-7,9,11-15,19H2,1-3H3/t25-,26-,27?,32-,33-/m0/s1. The molecule has 0 radical (unpaired) electrons. The Morgan fingerprint density at radius 3 is 2.51 bits per heavy atom. The first-order valence-electron chi connectivity index (χ1n) is 14.6. The van der Waals surface area contributed by atoms with Crippen LogP contribution in [0.3, 0.4) is 0 Å². The van der Waals surface area contributed by atoms with Crippen LogP contribution in [0.2, 0.25) is 0 Å². The molecule has 1 unspecified atom stereocenters. The van der Waals surface area contributed by atoms with Crippen LogP contribution in [0.25, 0.3) is 0 Å². The van der Waals surface area contributed by atoms with Crippen LogP contribution < -0.4 is 4.90 Å². The normalized spacial score (nSPS) is 34.2. The van der Waals surface area contributed by atoms with Gasteiger partial charge in [0, 0.05) is 48.0 Å². The molecule has 1 aromatic rings. The van der Waals surface area contributed by atoms with Gasteiger partial charge < -0.3 is 14.7 Å². The van der Waals surface area contributed by atoms with E-state index in [1.807, 2.05) is 18.7 Å². The summed E-state index contributed by atoms with van der Waals surface area (Å²) in [4.78, 5) is 14.3. The largest absolute Gasteiger partial charge is 0.378 e. The first-order chi connectivity index (χ1) is 18.6. The Morgan fingerprint density at radius 2 is 1.82 bits per heavy atom. The fourth-order valence-electron chi connectivity index (χ4n) is 8.30. The third kappa shape index (κ3) is 4.37. The fraction of sp³-hybridized carbons (Fsp3) is 0.606. The average Bonchev–Trinajstić information content (AvgIpc) is 3.17. The zero-order valence-electron chi connectivity index (χ0n) is 23.3. The summed E-state index contributed by atoms with van der Waals surface area (Å²) in [5, 5.41) is 12.0. The summed E-state index contributed by atoms with van der Waals surface area (Å²) in [5.41, 5.74) is 2.14. The third-order valence-corrected chi connectivity index (χ3v) is 10.2. The van der Waals surface area contributed by atoms with Gasteiger partial charge in [0.05, 0.1) is 13.2 Å². The van der Waals surface area contributed by atoms with Crippen molar-refractivity contribution in [3.05, 3.63) is 52.1 Å². The van der Waals surface area contributed by atoms with Gasteiger partial charge in [0.2, 0.25) is 0 Å². The molecule has 0 bridgehead atoms. The van der Waals surface area contributed by atoms with Crippen LogP contribution in [0.4, 0.5) is 14.5 Å². The molecule has 6 rings (SSSR count). The maximum atomic E-state index is 16.1. The van der Waals surface area contributed by atoms with Crippen molar-refractivity contribution in [2.75, 3.05) is 31.2 Å². The Labute approximate surface area is 230 Å². The van der Waals surface area contributed by atoms with Crippen LogP contribution in [-0.4, -0.2) is 42.8 Å². The molecule has 4 nitrogen and oxygen atoms in total. The highest BCUT2D eigenvalue weighted by atomic mass is 19.1. The van der Waals surface area contributed by atoms with Gasteiger partial charge in [0.15, 0.2) is 5.78 Å². The molecule has 39 heavy (non-hydrogen) atoms. The highest BCUT2D eigenvalue weighted by molar-refractivity contribution is 5.93. The maximum absolute atomic E-state index is 16.1. The van der Waals surface area contributed by atoms with Crippen molar-refractivity contribution in [3.8, 4) is 11.8 Å². The van der Waals surface area contributed by atoms with E-state index in [0.29, 0.717) is 57.7 Å². The Balaban J connectivity index is 1.50. The molecule has 0 amide bonds. The molecule has 6 heteroatoms. The number of anilines is 1. The summed E-state index contributed by atoms with van der Waals surface area (Å²) in [5.74, 6) is 5.42. The second-order valence-corrected chi connectivity index (χ2v) is 12.7. The van der Waals surface area contributed by atoms with E-state index in [-0.39, 0.29) is 29.1 Å². The zero-order chi connectivity index (χ0) is 27.5. The molecule has 5 atom stereocenters. The number of allylic oxidation sites excluding steroid dienone is 4. The number of rotatable bonds is 2. The minimum absolute atomic E-state index is 0.100. The van der Waals surface area contributed by atoms with Crippen LogP contribution in [0.1, 0.15) is 77.2 Å². The Morgan fingerprint density at radius 1 is 1.10 bits per heavy atom. The fourth-order valence-corrected chi connectivity index (χ4v) is 8.30. The van der Waals surface area contributed by atoms with Gasteiger partial charge >= 0.3 is 0 Å². The molecule has 1 heterocycles. The molecule has 208 valence electrons. The lowest BCUT2D eigenvalue weighted by Gasteiger charge is -2.53. The molecule has 1 aromatic carbocycles. The van der Waals surface area contributed by atoms with Gasteiger partial charge in [0.1, 0.15) is 17.2 Å². The van der Waals surface area contributed by atoms with Crippen molar-refractivity contribution in [1.29, 1.82) is 0 Å². The van der Waals surface area contributed by atoms with E-state index in [0.717, 1.165) is 36.0 Å². The highest BCUT2D eigenvalue weighted by Gasteiger charge is 2.63. The lowest BCUT2D eigenvalue weighted by Crippen LogP contribution is -2.51. The number of hydrogen-bond acceptors (Lipinski definition) is 4. The molecule has 0 spiro atoms. The van der Waals surface area contributed by atoms with E-state index in [2.05, 4.69) is 18.8 Å². The van der Waals surface area contributed by atoms with Gasteiger partial charge in [-0.1, -0.05) is 38.2 Å². The minimum Gasteiger partial charge on any atom is -0.378 e. The lowest BCUT2D eigenvalue weighted by molar-refractivity contribution is -0.114. The highest BCUT2D eigenvalue weighted by Crippen LogP contribution is 2.67. The molecule has 1 saturated heterocycles. The predicted octanol–water partition coefficient (Wildman–Crippen LogP) is 6.09. The van der Waals surface area contributed by atoms with Crippen molar-refractivity contribution >= 4 is 11.5 Å². The number of morpholine rings is 1. The number of carbonyl (C=O) groups excluding carboxylic acids is 1. The zero-order valence-corrected chi connectivity index (χ0v) is 23.3. The summed E-state index contributed by atoms with van der Waals surface area (Å²) in [6.07, 6.45) is 6.30. The second kappa shape index (κ2) is 9.85. The summed E-state index contributed by atoms with van der Waals surface area (Å²) in [6.45, 7) is 8.39. The molecule has 1 N–H and O–H groups in total. The number of carbonyl (C=O) groups is 1. The number of halogens is 2. The van der Waals surface area contributed by atoms with Crippen molar-refractivity contribution in [3.63, 3.8) is 0 Å². The van der Waals surface area contributed by atoms with E-state index < -0.39 is 28.6 Å². The number of ether oxygens (including phenoxy) is 1. The first kappa shape index (κ1) is 26.7. The molecule has 3 fully saturated rings. The molecule has 0 aromatic heterocycles. The number of ketones is 1. The number of hydrogen-bond donors (Lipinski definition) is 1.